The topological polar surface area (TPSA) is 24.7 Å². The van der Waals surface area contributed by atoms with Crippen LogP contribution in [0.1, 0.15) is 51.3 Å². The zero-order chi connectivity index (χ0) is 17.0. The summed E-state index contributed by atoms with van der Waals surface area (Å²) in [5.41, 5.74) is 8.68. The molecule has 0 spiro atoms. The van der Waals surface area contributed by atoms with Crippen molar-refractivity contribution in [3.63, 3.8) is 0 Å². The van der Waals surface area contributed by atoms with Gasteiger partial charge in [-0.1, -0.05) is 19.1 Å². The van der Waals surface area contributed by atoms with Crippen LogP contribution in [0.3, 0.4) is 0 Å². The third-order valence-corrected chi connectivity index (χ3v) is 4.31. The van der Waals surface area contributed by atoms with Crippen LogP contribution in [0.5, 0.6) is 0 Å². The number of rotatable bonds is 5. The summed E-state index contributed by atoms with van der Waals surface area (Å²) in [5.74, 6) is 0. The summed E-state index contributed by atoms with van der Waals surface area (Å²) in [6.07, 6.45) is 6.46. The van der Waals surface area contributed by atoms with E-state index in [-0.39, 0.29) is 0 Å². The van der Waals surface area contributed by atoms with Gasteiger partial charge >= 0.3 is 0 Å². The van der Waals surface area contributed by atoms with E-state index in [4.69, 9.17) is 4.99 Å². The van der Waals surface area contributed by atoms with Gasteiger partial charge in [0.2, 0.25) is 0 Å². The second kappa shape index (κ2) is 7.84. The van der Waals surface area contributed by atoms with Crippen molar-refractivity contribution in [2.75, 3.05) is 6.54 Å². The highest BCUT2D eigenvalue weighted by molar-refractivity contribution is 7.27. The first-order valence-corrected chi connectivity index (χ1v) is 8.80. The molecule has 0 saturated carbocycles. The van der Waals surface area contributed by atoms with Crippen LogP contribution in [0, 0.1) is 0 Å². The molecule has 1 aliphatic carbocycles. The zero-order valence-corrected chi connectivity index (χ0v) is 16.1. The number of fused-ring (bicyclic) bond motifs is 1. The molecule has 1 aliphatic rings. The molecular weight excluding hydrogens is 299 g/mol. The fourth-order valence-electron chi connectivity index (χ4n) is 2.73. The van der Waals surface area contributed by atoms with Gasteiger partial charge in [-0.15, -0.1) is 9.24 Å². The first kappa shape index (κ1) is 17.8. The van der Waals surface area contributed by atoms with E-state index >= 15 is 0 Å². The van der Waals surface area contributed by atoms with E-state index in [1.165, 1.54) is 27.6 Å². The Kier molecular flexibility index (Phi) is 6.07. The lowest BCUT2D eigenvalue weighted by Gasteiger charge is -2.07. The van der Waals surface area contributed by atoms with E-state index in [0.29, 0.717) is 6.54 Å². The smallest absolute Gasteiger partial charge is 0.0642 e. The van der Waals surface area contributed by atoms with Crippen molar-refractivity contribution in [2.45, 2.75) is 47.5 Å². The molecule has 0 heterocycles. The summed E-state index contributed by atoms with van der Waals surface area (Å²) in [4.78, 5) is 9.22. The normalized spacial score (nSPS) is 13.5. The largest absolute Gasteiger partial charge is 0.291 e. The number of aryl methyl sites for hydroxylation is 1. The van der Waals surface area contributed by atoms with Gasteiger partial charge in [0.25, 0.3) is 0 Å². The van der Waals surface area contributed by atoms with Crippen molar-refractivity contribution < 1.29 is 0 Å². The van der Waals surface area contributed by atoms with Crippen LogP contribution in [0.15, 0.2) is 39.5 Å². The molecule has 0 radical (unpaired) electrons. The van der Waals surface area contributed by atoms with E-state index in [1.807, 2.05) is 27.7 Å². The maximum atomic E-state index is 4.74. The Morgan fingerprint density at radius 2 is 1.91 bits per heavy atom. The molecule has 0 amide bonds. The average Bonchev–Trinajstić information content (AvgIpc) is 2.89. The molecule has 2 nitrogen and oxygen atoms in total. The Bertz CT molecular complexity index is 713. The van der Waals surface area contributed by atoms with Crippen molar-refractivity contribution in [2.24, 2.45) is 9.98 Å². The molecule has 1 aromatic carbocycles. The van der Waals surface area contributed by atoms with Crippen LogP contribution in [0.2, 0.25) is 0 Å². The molecule has 3 heteroatoms. The van der Waals surface area contributed by atoms with Crippen molar-refractivity contribution in [1.82, 2.24) is 0 Å². The van der Waals surface area contributed by atoms with Crippen LogP contribution >= 0.6 is 9.24 Å². The van der Waals surface area contributed by atoms with Gasteiger partial charge in [0.1, 0.15) is 0 Å². The first-order chi connectivity index (χ1) is 10.9. The summed E-state index contributed by atoms with van der Waals surface area (Å²) in [5, 5.41) is 1.29. The van der Waals surface area contributed by atoms with E-state index in [0.717, 1.165) is 30.0 Å². The minimum Gasteiger partial charge on any atom is -0.291 e. The van der Waals surface area contributed by atoms with Gasteiger partial charge in [-0.05, 0) is 73.8 Å². The average molecular weight is 326 g/mol. The van der Waals surface area contributed by atoms with E-state index in [2.05, 4.69) is 45.4 Å². The van der Waals surface area contributed by atoms with Gasteiger partial charge in [-0.25, -0.2) is 0 Å². The number of hydrogen-bond acceptors (Lipinski definition) is 2. The van der Waals surface area contributed by atoms with Crippen LogP contribution in [0.4, 0.5) is 0 Å². The van der Waals surface area contributed by atoms with Gasteiger partial charge in [0.15, 0.2) is 0 Å². The zero-order valence-electron chi connectivity index (χ0n) is 14.9. The van der Waals surface area contributed by atoms with E-state index < -0.39 is 0 Å². The Labute approximate surface area is 142 Å². The number of hydrogen-bond donors (Lipinski definition) is 0. The molecule has 0 aliphatic heterocycles. The summed E-state index contributed by atoms with van der Waals surface area (Å²) >= 11 is 0. The van der Waals surface area contributed by atoms with Crippen molar-refractivity contribution in [1.29, 1.82) is 0 Å². The summed E-state index contributed by atoms with van der Waals surface area (Å²) in [7, 11) is 2.88. The van der Waals surface area contributed by atoms with Gasteiger partial charge in [0.05, 0.1) is 12.2 Å². The van der Waals surface area contributed by atoms with Crippen LogP contribution in [0.25, 0.3) is 6.08 Å². The molecule has 0 bridgehead atoms. The molecule has 1 aromatic rings. The fraction of sp³-hybridized carbons (Fsp3) is 0.400. The lowest BCUT2D eigenvalue weighted by molar-refractivity contribution is 1.10. The van der Waals surface area contributed by atoms with Crippen LogP contribution in [-0.2, 0) is 12.8 Å². The van der Waals surface area contributed by atoms with Crippen molar-refractivity contribution in [3.05, 3.63) is 46.2 Å². The molecule has 0 saturated heterocycles. The molecule has 1 atom stereocenters. The van der Waals surface area contributed by atoms with Gasteiger partial charge in [0, 0.05) is 17.8 Å². The lowest BCUT2D eigenvalue weighted by atomic mass is 10.0. The van der Waals surface area contributed by atoms with Crippen LogP contribution < -0.4 is 5.30 Å². The summed E-state index contributed by atoms with van der Waals surface area (Å²) < 4.78 is 0. The van der Waals surface area contributed by atoms with Crippen molar-refractivity contribution in [3.8, 4) is 0 Å². The highest BCUT2D eigenvalue weighted by Gasteiger charge is 2.18. The molecular formula is C20H27N2P. The predicted octanol–water partition coefficient (Wildman–Crippen LogP) is 4.53. The molecule has 122 valence electrons. The van der Waals surface area contributed by atoms with Crippen molar-refractivity contribution >= 4 is 32.0 Å². The van der Waals surface area contributed by atoms with Gasteiger partial charge in [-0.3, -0.25) is 9.98 Å². The Morgan fingerprint density at radius 1 is 1.17 bits per heavy atom. The van der Waals surface area contributed by atoms with E-state index in [1.54, 1.807) is 0 Å². The second-order valence-corrected chi connectivity index (χ2v) is 7.02. The standard InChI is InChI=1S/C20H27N2P/c1-6-15-9-16-11-17(12-18(16)20(23)10-15)19(22-14(4)5)7-8-21-13(2)3/h7,9-10,12H,6,8,11,23H2,1-5H3/b19-7-. The molecule has 0 fully saturated rings. The van der Waals surface area contributed by atoms with E-state index in [9.17, 15) is 0 Å². The SMILES string of the molecule is CCc1cc(P)c2c(c1)CC(/C(=C/CN=C(C)C)N=C(C)C)=C2. The Balaban J connectivity index is 2.35. The summed E-state index contributed by atoms with van der Waals surface area (Å²) in [6.45, 7) is 11.0. The maximum Gasteiger partial charge on any atom is 0.0642 e. The Morgan fingerprint density at radius 3 is 2.52 bits per heavy atom. The van der Waals surface area contributed by atoms with Crippen LogP contribution in [-0.4, -0.2) is 18.0 Å². The predicted molar refractivity (Wildman–Crippen MR) is 107 cm³/mol. The molecule has 2 rings (SSSR count). The molecule has 0 aromatic heterocycles. The van der Waals surface area contributed by atoms with Gasteiger partial charge in [-0.2, -0.15) is 0 Å². The minimum atomic E-state index is 0.691. The third-order valence-electron chi connectivity index (χ3n) is 3.83. The fourth-order valence-corrected chi connectivity index (χ4v) is 3.21. The highest BCUT2D eigenvalue weighted by atomic mass is 31.0. The monoisotopic (exact) mass is 326 g/mol. The molecule has 23 heavy (non-hydrogen) atoms. The first-order valence-electron chi connectivity index (χ1n) is 8.22. The number of allylic oxidation sites excluding steroid dienone is 1. The minimum absolute atomic E-state index is 0.691. The third kappa shape index (κ3) is 4.72. The molecule has 0 N–H and O–H groups in total. The maximum absolute atomic E-state index is 4.74. The highest BCUT2D eigenvalue weighted by Crippen LogP contribution is 2.31. The second-order valence-electron chi connectivity index (χ2n) is 6.39. The quantitative estimate of drug-likeness (QED) is 0.561. The summed E-state index contributed by atoms with van der Waals surface area (Å²) in [6, 6.07) is 4.60. The number of benzene rings is 1. The number of nitrogens with zero attached hydrogens (tertiary/aromatic N) is 2. The molecule has 1 unspecified atom stereocenters. The lowest BCUT2D eigenvalue weighted by Crippen LogP contribution is -2.01. The Hall–Kier alpha value is -1.53. The number of aliphatic imine (C=N–C) groups is 2. The van der Waals surface area contributed by atoms with Gasteiger partial charge < -0.3 is 0 Å².